The second-order valence-electron chi connectivity index (χ2n) is 6.81. The molecule has 2 atom stereocenters. The van der Waals surface area contributed by atoms with Gasteiger partial charge in [0.1, 0.15) is 0 Å². The highest BCUT2D eigenvalue weighted by Gasteiger charge is 2.52. The maximum Gasteiger partial charge on any atom is 0.422 e. The molecule has 8 nitrogen and oxygen atoms in total. The van der Waals surface area contributed by atoms with Gasteiger partial charge < -0.3 is 15.7 Å². The van der Waals surface area contributed by atoms with E-state index in [0.29, 0.717) is 29.9 Å². The Kier molecular flexibility index (Phi) is 4.42. The van der Waals surface area contributed by atoms with Gasteiger partial charge >= 0.3 is 6.18 Å². The van der Waals surface area contributed by atoms with Crippen LogP contribution in [0.15, 0.2) is 30.9 Å². The third kappa shape index (κ3) is 3.27. The van der Waals surface area contributed by atoms with Crippen molar-refractivity contribution in [3.05, 3.63) is 36.5 Å². The van der Waals surface area contributed by atoms with Crippen LogP contribution in [0.25, 0.3) is 17.0 Å². The van der Waals surface area contributed by atoms with Crippen LogP contribution < -0.4 is 10.6 Å². The van der Waals surface area contributed by atoms with Gasteiger partial charge in [0.2, 0.25) is 11.5 Å². The molecule has 1 saturated heterocycles. The number of aromatic nitrogens is 5. The molecule has 0 radical (unpaired) electrons. The summed E-state index contributed by atoms with van der Waals surface area (Å²) in [6.07, 6.45) is 1.46. The minimum Gasteiger partial charge on any atom is -0.375 e. The number of imidazole rings is 1. The summed E-state index contributed by atoms with van der Waals surface area (Å²) >= 11 is 0. The van der Waals surface area contributed by atoms with E-state index in [9.17, 15) is 18.3 Å². The smallest absolute Gasteiger partial charge is 0.375 e. The third-order valence-electron chi connectivity index (χ3n) is 4.76. The van der Waals surface area contributed by atoms with Crippen molar-refractivity contribution in [2.75, 3.05) is 18.4 Å². The fourth-order valence-electron chi connectivity index (χ4n) is 3.01. The van der Waals surface area contributed by atoms with Gasteiger partial charge in [-0.2, -0.15) is 13.2 Å². The molecule has 148 valence electrons. The van der Waals surface area contributed by atoms with Crippen LogP contribution in [0.1, 0.15) is 19.0 Å². The number of hydrogen-bond donors (Lipinski definition) is 3. The second kappa shape index (κ2) is 6.67. The Morgan fingerprint density at radius 2 is 2.07 bits per heavy atom. The van der Waals surface area contributed by atoms with Crippen LogP contribution in [-0.2, 0) is 5.60 Å². The van der Waals surface area contributed by atoms with E-state index in [1.165, 1.54) is 16.8 Å². The Labute approximate surface area is 157 Å². The molecular weight excluding hydrogens is 375 g/mol. The molecule has 0 bridgehead atoms. The fourth-order valence-corrected chi connectivity index (χ4v) is 3.01. The second-order valence-corrected chi connectivity index (χ2v) is 6.81. The molecule has 4 heterocycles. The number of alkyl halides is 3. The van der Waals surface area contributed by atoms with Crippen LogP contribution in [-0.4, -0.2) is 54.8 Å². The zero-order valence-electron chi connectivity index (χ0n) is 14.9. The number of rotatable bonds is 4. The highest BCUT2D eigenvalue weighted by molar-refractivity contribution is 5.60. The first-order valence-corrected chi connectivity index (χ1v) is 8.69. The summed E-state index contributed by atoms with van der Waals surface area (Å²) in [5.74, 6) is 0.428. The molecule has 0 aromatic carbocycles. The first kappa shape index (κ1) is 18.6. The van der Waals surface area contributed by atoms with E-state index in [0.717, 1.165) is 25.7 Å². The van der Waals surface area contributed by atoms with Crippen molar-refractivity contribution in [2.45, 2.75) is 31.2 Å². The summed E-state index contributed by atoms with van der Waals surface area (Å²) in [6.45, 7) is 2.39. The fraction of sp³-hybridized carbons (Fsp3) is 0.412. The zero-order valence-corrected chi connectivity index (χ0v) is 14.9. The Morgan fingerprint density at radius 1 is 1.25 bits per heavy atom. The van der Waals surface area contributed by atoms with Crippen LogP contribution in [0.3, 0.4) is 0 Å². The summed E-state index contributed by atoms with van der Waals surface area (Å²) in [6, 6.07) is 1.86. The average Bonchev–Trinajstić information content (AvgIpc) is 3.30. The summed E-state index contributed by atoms with van der Waals surface area (Å²) in [4.78, 5) is 16.5. The number of halogens is 3. The van der Waals surface area contributed by atoms with E-state index < -0.39 is 17.5 Å². The van der Waals surface area contributed by atoms with E-state index in [-0.39, 0.29) is 6.04 Å². The van der Waals surface area contributed by atoms with Gasteiger partial charge in [0.15, 0.2) is 5.65 Å². The molecule has 0 saturated carbocycles. The topological polar surface area (TPSA) is 100 Å². The highest BCUT2D eigenvalue weighted by Crippen LogP contribution is 2.37. The molecule has 28 heavy (non-hydrogen) atoms. The molecule has 1 aliphatic heterocycles. The number of anilines is 1. The quantitative estimate of drug-likeness (QED) is 0.621. The van der Waals surface area contributed by atoms with Gasteiger partial charge in [0.05, 0.1) is 29.5 Å². The number of fused-ring (bicyclic) bond motifs is 1. The van der Waals surface area contributed by atoms with Crippen molar-refractivity contribution in [1.82, 2.24) is 29.7 Å². The minimum absolute atomic E-state index is 0.218. The molecule has 0 aliphatic carbocycles. The lowest BCUT2D eigenvalue weighted by Crippen LogP contribution is -2.40. The van der Waals surface area contributed by atoms with Crippen LogP contribution in [0.4, 0.5) is 19.1 Å². The van der Waals surface area contributed by atoms with Gasteiger partial charge in [-0.25, -0.2) is 15.0 Å². The predicted octanol–water partition coefficient (Wildman–Crippen LogP) is 1.73. The molecule has 4 rings (SSSR count). The van der Waals surface area contributed by atoms with Crippen molar-refractivity contribution < 1.29 is 18.3 Å². The first-order valence-electron chi connectivity index (χ1n) is 8.69. The minimum atomic E-state index is -4.87. The van der Waals surface area contributed by atoms with Crippen LogP contribution in [0, 0.1) is 0 Å². The predicted molar refractivity (Wildman–Crippen MR) is 94.5 cm³/mol. The van der Waals surface area contributed by atoms with E-state index in [1.807, 2.05) is 0 Å². The molecule has 3 N–H and O–H groups in total. The normalized spacial score (nSPS) is 19.7. The third-order valence-corrected chi connectivity index (χ3v) is 4.76. The molecular formula is C17H18F3N7O. The van der Waals surface area contributed by atoms with E-state index in [2.05, 4.69) is 30.6 Å². The summed E-state index contributed by atoms with van der Waals surface area (Å²) < 4.78 is 40.9. The van der Waals surface area contributed by atoms with Crippen molar-refractivity contribution in [3.8, 4) is 11.4 Å². The maximum atomic E-state index is 13.2. The molecule has 2 unspecified atom stereocenters. The van der Waals surface area contributed by atoms with Crippen LogP contribution >= 0.6 is 0 Å². The number of hydrogen-bond acceptors (Lipinski definition) is 7. The van der Waals surface area contributed by atoms with Crippen molar-refractivity contribution in [3.63, 3.8) is 0 Å². The number of nitrogens with one attached hydrogen (secondary N) is 2. The molecule has 11 heteroatoms. The summed E-state index contributed by atoms with van der Waals surface area (Å²) in [5, 5.41) is 16.4. The molecule has 1 aliphatic rings. The van der Waals surface area contributed by atoms with Crippen LogP contribution in [0.2, 0.25) is 0 Å². The lowest BCUT2D eigenvalue weighted by atomic mass is 10.0. The SMILES string of the molecule is CC(O)(c1cn2c(-c3ccnc(NC4CCNC4)n3)cnc2cn1)C(F)(F)F. The summed E-state index contributed by atoms with van der Waals surface area (Å²) in [5.41, 5.74) is -2.33. The summed E-state index contributed by atoms with van der Waals surface area (Å²) in [7, 11) is 0. The standard InChI is InChI=1S/C17H18F3N7O/c1-16(28,17(18,19)20)13-9-27-12(7-24-14(27)8-23-13)11-3-5-22-15(26-11)25-10-2-4-21-6-10/h3,5,7-10,21,28H,2,4,6H2,1H3,(H,22,25,26). The van der Waals surface area contributed by atoms with Gasteiger partial charge in [-0.15, -0.1) is 0 Å². The van der Waals surface area contributed by atoms with Crippen molar-refractivity contribution >= 4 is 11.6 Å². The monoisotopic (exact) mass is 393 g/mol. The van der Waals surface area contributed by atoms with Gasteiger partial charge in [-0.3, -0.25) is 9.38 Å². The van der Waals surface area contributed by atoms with Crippen molar-refractivity contribution in [2.24, 2.45) is 0 Å². The Hall–Kier alpha value is -2.79. The van der Waals surface area contributed by atoms with Gasteiger partial charge in [0, 0.05) is 25.0 Å². The van der Waals surface area contributed by atoms with Crippen LogP contribution in [0.5, 0.6) is 0 Å². The van der Waals surface area contributed by atoms with E-state index in [1.54, 1.807) is 12.3 Å². The van der Waals surface area contributed by atoms with E-state index >= 15 is 0 Å². The first-order chi connectivity index (χ1) is 13.3. The van der Waals surface area contributed by atoms with Gasteiger partial charge in [-0.1, -0.05) is 0 Å². The number of nitrogens with zero attached hydrogens (tertiary/aromatic N) is 5. The molecule has 1 fully saturated rings. The molecule has 3 aromatic heterocycles. The largest absolute Gasteiger partial charge is 0.422 e. The van der Waals surface area contributed by atoms with Gasteiger partial charge in [0.25, 0.3) is 0 Å². The van der Waals surface area contributed by atoms with Crippen molar-refractivity contribution in [1.29, 1.82) is 0 Å². The lowest BCUT2D eigenvalue weighted by Gasteiger charge is -2.25. The number of aliphatic hydroxyl groups is 1. The average molecular weight is 393 g/mol. The highest BCUT2D eigenvalue weighted by atomic mass is 19.4. The zero-order chi connectivity index (χ0) is 19.9. The Morgan fingerprint density at radius 3 is 2.79 bits per heavy atom. The Bertz CT molecular complexity index is 996. The van der Waals surface area contributed by atoms with Gasteiger partial charge in [-0.05, 0) is 26.0 Å². The van der Waals surface area contributed by atoms with E-state index in [4.69, 9.17) is 0 Å². The maximum absolute atomic E-state index is 13.2. The molecule has 0 amide bonds. The lowest BCUT2D eigenvalue weighted by molar-refractivity contribution is -0.260. The molecule has 0 spiro atoms. The Balaban J connectivity index is 1.72. The molecule has 3 aromatic rings.